The molecule has 0 bridgehead atoms. The summed E-state index contributed by atoms with van der Waals surface area (Å²) in [5.74, 6) is 0. The molecule has 6 heteroatoms. The molecule has 5 aromatic rings. The second-order valence-corrected chi connectivity index (χ2v) is 12.2. The summed E-state index contributed by atoms with van der Waals surface area (Å²) in [6.07, 6.45) is -1.32. The number of ether oxygens (including phenoxy) is 6. The molecular weight excluding hydrogens is 624 g/mol. The highest BCUT2D eigenvalue weighted by Gasteiger charge is 2.50. The highest BCUT2D eigenvalue weighted by Crippen LogP contribution is 2.41. The van der Waals surface area contributed by atoms with Gasteiger partial charge in [0.25, 0.3) is 0 Å². The fraction of sp³-hybridized carbons (Fsp3) is 0.273. The Morgan fingerprint density at radius 2 is 1.00 bits per heavy atom. The fourth-order valence-corrected chi connectivity index (χ4v) is 6.57. The van der Waals surface area contributed by atoms with Crippen LogP contribution >= 0.6 is 0 Å². The van der Waals surface area contributed by atoms with Crippen LogP contribution in [0.2, 0.25) is 0 Å². The monoisotopic (exact) mass is 670 g/mol. The van der Waals surface area contributed by atoms with Crippen molar-refractivity contribution in [3.63, 3.8) is 0 Å². The van der Waals surface area contributed by atoms with Crippen LogP contribution in [-0.4, -0.2) is 50.5 Å². The molecular formula is C44H46O6. The van der Waals surface area contributed by atoms with Crippen LogP contribution in [0.15, 0.2) is 164 Å². The average Bonchev–Trinajstić information content (AvgIpc) is 3.18. The zero-order valence-corrected chi connectivity index (χ0v) is 28.6. The summed E-state index contributed by atoms with van der Waals surface area (Å²) in [5, 5.41) is 0. The van der Waals surface area contributed by atoms with Gasteiger partial charge in [0, 0.05) is 6.61 Å². The van der Waals surface area contributed by atoms with Crippen molar-refractivity contribution in [1.29, 1.82) is 0 Å². The molecule has 1 aliphatic heterocycles. The van der Waals surface area contributed by atoms with Crippen LogP contribution in [0.5, 0.6) is 0 Å². The van der Waals surface area contributed by atoms with E-state index in [4.69, 9.17) is 28.4 Å². The van der Waals surface area contributed by atoms with E-state index in [0.717, 1.165) is 27.8 Å². The lowest BCUT2D eigenvalue weighted by atomic mass is 9.80. The molecule has 6 nitrogen and oxygen atoms in total. The summed E-state index contributed by atoms with van der Waals surface area (Å²) in [5.41, 5.74) is 4.13. The zero-order valence-electron chi connectivity index (χ0n) is 28.6. The van der Waals surface area contributed by atoms with Crippen molar-refractivity contribution in [2.75, 3.05) is 19.8 Å². The average molecular weight is 671 g/mol. The van der Waals surface area contributed by atoms with E-state index < -0.39 is 36.3 Å². The molecule has 0 N–H and O–H groups in total. The molecule has 0 amide bonds. The van der Waals surface area contributed by atoms with Gasteiger partial charge in [0.15, 0.2) is 6.29 Å². The van der Waals surface area contributed by atoms with Crippen molar-refractivity contribution in [1.82, 2.24) is 0 Å². The first-order valence-corrected chi connectivity index (χ1v) is 17.3. The lowest BCUT2D eigenvalue weighted by Crippen LogP contribution is -2.62. The standard InChI is InChI=1S/C44H46O6/c1-3-30-46-42-41(48-32-35-22-12-6-13-23-35)40(47-31-34-20-10-5-11-21-34)39(50-43(42)45-4-2)33-49-44(36-24-14-7-15-25-36,37-26-16-8-17-27-37)38-28-18-9-19-29-38/h3,5-29,39-43H,1,4,30-33H2,2H3/t39-,40-,41+,42-,43+/m1/s1. The molecule has 0 aliphatic carbocycles. The molecule has 50 heavy (non-hydrogen) atoms. The zero-order chi connectivity index (χ0) is 34.4. The third-order valence-corrected chi connectivity index (χ3v) is 8.90. The second-order valence-electron chi connectivity index (χ2n) is 12.2. The minimum atomic E-state index is -0.950. The Labute approximate surface area is 296 Å². The van der Waals surface area contributed by atoms with E-state index in [9.17, 15) is 0 Å². The van der Waals surface area contributed by atoms with Gasteiger partial charge in [-0.3, -0.25) is 0 Å². The molecule has 0 radical (unpaired) electrons. The van der Waals surface area contributed by atoms with Crippen LogP contribution in [0, 0.1) is 0 Å². The maximum atomic E-state index is 7.29. The molecule has 5 atom stereocenters. The van der Waals surface area contributed by atoms with Gasteiger partial charge in [-0.2, -0.15) is 0 Å². The SMILES string of the molecule is C=CCO[C@H]1[C@@H](OCC)O[C@H](COC(c2ccccc2)(c2ccccc2)c2ccccc2)[C@@H](OCc2ccccc2)[C@@H]1OCc1ccccc1. The van der Waals surface area contributed by atoms with Crippen molar-refractivity contribution < 1.29 is 28.4 Å². The topological polar surface area (TPSA) is 55.4 Å². The second kappa shape index (κ2) is 18.0. The number of hydrogen-bond donors (Lipinski definition) is 0. The van der Waals surface area contributed by atoms with E-state index in [1.165, 1.54) is 0 Å². The summed E-state index contributed by atoms with van der Waals surface area (Å²) < 4.78 is 40.3. The quantitative estimate of drug-likeness (QED) is 0.0731. The summed E-state index contributed by atoms with van der Waals surface area (Å²) in [6.45, 7) is 7.44. The molecule has 0 spiro atoms. The highest BCUT2D eigenvalue weighted by atomic mass is 16.7. The third kappa shape index (κ3) is 8.48. The van der Waals surface area contributed by atoms with Crippen molar-refractivity contribution in [2.24, 2.45) is 0 Å². The van der Waals surface area contributed by atoms with Gasteiger partial charge in [-0.15, -0.1) is 6.58 Å². The van der Waals surface area contributed by atoms with E-state index in [-0.39, 0.29) is 6.61 Å². The summed E-state index contributed by atoms with van der Waals surface area (Å²) in [6, 6.07) is 51.2. The molecule has 1 heterocycles. The maximum Gasteiger partial charge on any atom is 0.186 e. The van der Waals surface area contributed by atoms with Crippen LogP contribution < -0.4 is 0 Å². The first-order valence-electron chi connectivity index (χ1n) is 17.3. The Hall–Kier alpha value is -4.40. The number of hydrogen-bond acceptors (Lipinski definition) is 6. The van der Waals surface area contributed by atoms with Gasteiger partial charge in [-0.05, 0) is 34.7 Å². The Kier molecular flexibility index (Phi) is 12.8. The molecule has 1 aliphatic rings. The van der Waals surface area contributed by atoms with Crippen LogP contribution in [0.25, 0.3) is 0 Å². The summed E-state index contributed by atoms with van der Waals surface area (Å²) >= 11 is 0. The normalized spacial score (nSPS) is 20.7. The van der Waals surface area contributed by atoms with Gasteiger partial charge in [0.1, 0.15) is 30.0 Å². The van der Waals surface area contributed by atoms with Gasteiger partial charge >= 0.3 is 0 Å². The van der Waals surface area contributed by atoms with Crippen LogP contribution in [0.1, 0.15) is 34.7 Å². The van der Waals surface area contributed by atoms with Crippen molar-refractivity contribution in [2.45, 2.75) is 56.4 Å². The summed E-state index contributed by atoms with van der Waals surface area (Å²) in [4.78, 5) is 0. The Morgan fingerprint density at radius 3 is 1.44 bits per heavy atom. The van der Waals surface area contributed by atoms with Crippen LogP contribution in [0.3, 0.4) is 0 Å². The predicted octanol–water partition coefficient (Wildman–Crippen LogP) is 8.50. The Balaban J connectivity index is 1.41. The molecule has 0 unspecified atom stereocenters. The Bertz CT molecular complexity index is 1590. The van der Waals surface area contributed by atoms with Crippen LogP contribution in [-0.2, 0) is 47.2 Å². The van der Waals surface area contributed by atoms with E-state index in [2.05, 4.69) is 55.1 Å². The van der Waals surface area contributed by atoms with Crippen molar-refractivity contribution >= 4 is 0 Å². The van der Waals surface area contributed by atoms with Crippen molar-refractivity contribution in [3.8, 4) is 0 Å². The third-order valence-electron chi connectivity index (χ3n) is 8.90. The van der Waals surface area contributed by atoms with Gasteiger partial charge in [-0.1, -0.05) is 158 Å². The molecule has 6 rings (SSSR count). The van der Waals surface area contributed by atoms with E-state index in [0.29, 0.717) is 26.4 Å². The first kappa shape index (κ1) is 35.4. The largest absolute Gasteiger partial charge is 0.368 e. The van der Waals surface area contributed by atoms with E-state index >= 15 is 0 Å². The fourth-order valence-electron chi connectivity index (χ4n) is 6.57. The number of benzene rings is 5. The van der Waals surface area contributed by atoms with Gasteiger partial charge in [0.05, 0.1) is 26.4 Å². The minimum Gasteiger partial charge on any atom is -0.368 e. The van der Waals surface area contributed by atoms with Crippen LogP contribution in [0.4, 0.5) is 0 Å². The Morgan fingerprint density at radius 1 is 0.560 bits per heavy atom. The highest BCUT2D eigenvalue weighted by molar-refractivity contribution is 5.47. The lowest BCUT2D eigenvalue weighted by molar-refractivity contribution is -0.326. The van der Waals surface area contributed by atoms with E-state index in [1.807, 2.05) is 110 Å². The molecule has 0 aromatic heterocycles. The van der Waals surface area contributed by atoms with E-state index in [1.54, 1.807) is 6.08 Å². The molecule has 0 saturated carbocycles. The van der Waals surface area contributed by atoms with Crippen molar-refractivity contribution in [3.05, 3.63) is 192 Å². The first-order chi connectivity index (χ1) is 24.7. The van der Waals surface area contributed by atoms with Gasteiger partial charge < -0.3 is 28.4 Å². The lowest BCUT2D eigenvalue weighted by Gasteiger charge is -2.46. The summed E-state index contributed by atoms with van der Waals surface area (Å²) in [7, 11) is 0. The maximum absolute atomic E-state index is 7.29. The molecule has 1 saturated heterocycles. The minimum absolute atomic E-state index is 0.168. The number of rotatable bonds is 17. The predicted molar refractivity (Wildman–Crippen MR) is 195 cm³/mol. The van der Waals surface area contributed by atoms with Gasteiger partial charge in [-0.25, -0.2) is 0 Å². The smallest absolute Gasteiger partial charge is 0.186 e. The molecule has 5 aromatic carbocycles. The van der Waals surface area contributed by atoms with Gasteiger partial charge in [0.2, 0.25) is 0 Å². The molecule has 258 valence electrons. The molecule has 1 fully saturated rings.